The van der Waals surface area contributed by atoms with Crippen molar-refractivity contribution in [3.8, 4) is 11.1 Å². The van der Waals surface area contributed by atoms with Crippen LogP contribution in [0.4, 0.5) is 30.2 Å². The number of nitrogens with zero attached hydrogens (tertiary/aromatic N) is 2. The fourth-order valence-electron chi connectivity index (χ4n) is 3.77. The number of para-hydroxylation sites is 1. The summed E-state index contributed by atoms with van der Waals surface area (Å²) in [5, 5.41) is 10.2. The van der Waals surface area contributed by atoms with Crippen molar-refractivity contribution in [3.05, 3.63) is 59.7 Å². The molecule has 5 nitrogen and oxygen atoms in total. The van der Waals surface area contributed by atoms with E-state index in [9.17, 15) is 18.0 Å². The maximum Gasteiger partial charge on any atom is 0.264 e. The molecule has 0 aliphatic carbocycles. The predicted molar refractivity (Wildman–Crippen MR) is 110 cm³/mol. The Morgan fingerprint density at radius 1 is 1.27 bits per heavy atom. The highest BCUT2D eigenvalue weighted by Gasteiger charge is 2.23. The zero-order valence-corrected chi connectivity index (χ0v) is 16.5. The summed E-state index contributed by atoms with van der Waals surface area (Å²) in [6.45, 7) is 1.89. The average molecular weight is 414 g/mol. The molecule has 0 amide bonds. The Bertz CT molecular complexity index is 1110. The van der Waals surface area contributed by atoms with Crippen LogP contribution in [0.5, 0.6) is 0 Å². The first-order valence-corrected chi connectivity index (χ1v) is 9.59. The molecular weight excluding hydrogens is 393 g/mol. The van der Waals surface area contributed by atoms with Gasteiger partial charge in [-0.2, -0.15) is 5.10 Å². The molecule has 8 heteroatoms. The Morgan fingerprint density at radius 2 is 2.07 bits per heavy atom. The average Bonchev–Trinajstić information content (AvgIpc) is 3.04. The predicted octanol–water partition coefficient (Wildman–Crippen LogP) is 5.22. The Labute approximate surface area is 171 Å². The topological polar surface area (TPSA) is 59.0 Å². The van der Waals surface area contributed by atoms with Crippen LogP contribution in [-0.4, -0.2) is 21.6 Å². The van der Waals surface area contributed by atoms with E-state index in [1.54, 1.807) is 25.4 Å². The summed E-state index contributed by atoms with van der Waals surface area (Å²) in [5.74, 6) is -0.550. The second kappa shape index (κ2) is 7.85. The molecular formula is C22H21F3N4O. The number of alkyl halides is 2. The summed E-state index contributed by atoms with van der Waals surface area (Å²) in [4.78, 5) is 12.1. The number of carbonyl (C=O) groups excluding carboxylic acids is 1. The van der Waals surface area contributed by atoms with Gasteiger partial charge in [-0.15, -0.1) is 0 Å². The molecule has 2 N–H and O–H groups in total. The molecule has 1 atom stereocenters. The highest BCUT2D eigenvalue weighted by Crippen LogP contribution is 2.38. The van der Waals surface area contributed by atoms with Crippen LogP contribution in [0.2, 0.25) is 0 Å². The second-order valence-electron chi connectivity index (χ2n) is 7.55. The summed E-state index contributed by atoms with van der Waals surface area (Å²) in [5.41, 5.74) is 2.18. The summed E-state index contributed by atoms with van der Waals surface area (Å²) >= 11 is 0. The number of aromatic nitrogens is 2. The smallest absolute Gasteiger partial charge is 0.264 e. The second-order valence-corrected chi connectivity index (χ2v) is 7.55. The Morgan fingerprint density at radius 3 is 2.77 bits per heavy atom. The van der Waals surface area contributed by atoms with Gasteiger partial charge in [0.1, 0.15) is 11.6 Å². The van der Waals surface area contributed by atoms with Crippen LogP contribution in [-0.2, 0) is 18.3 Å². The first-order valence-electron chi connectivity index (χ1n) is 9.59. The fraction of sp³-hybridized carbons (Fsp3) is 0.273. The molecule has 0 bridgehead atoms. The molecule has 2 heterocycles. The number of rotatable bonds is 4. The molecule has 4 rings (SSSR count). The summed E-state index contributed by atoms with van der Waals surface area (Å²) < 4.78 is 43.9. The maximum absolute atomic E-state index is 14.9. The number of aryl methyl sites for hydroxylation is 1. The van der Waals surface area contributed by atoms with Gasteiger partial charge in [0.05, 0.1) is 23.3 Å². The normalized spacial score (nSPS) is 16.2. The van der Waals surface area contributed by atoms with Gasteiger partial charge >= 0.3 is 0 Å². The molecule has 0 spiro atoms. The van der Waals surface area contributed by atoms with Crippen LogP contribution >= 0.6 is 0 Å². The number of benzene rings is 2. The minimum absolute atomic E-state index is 0.0589. The number of fused-ring (bicyclic) bond motifs is 1. The highest BCUT2D eigenvalue weighted by atomic mass is 19.3. The largest absolute Gasteiger partial charge is 0.380 e. The van der Waals surface area contributed by atoms with Crippen LogP contribution in [0.25, 0.3) is 11.1 Å². The van der Waals surface area contributed by atoms with E-state index in [1.165, 1.54) is 10.9 Å². The van der Waals surface area contributed by atoms with Gasteiger partial charge in [0, 0.05) is 43.3 Å². The third kappa shape index (κ3) is 3.90. The van der Waals surface area contributed by atoms with Crippen molar-refractivity contribution in [3.63, 3.8) is 0 Å². The van der Waals surface area contributed by atoms with Gasteiger partial charge < -0.3 is 10.6 Å². The maximum atomic E-state index is 14.9. The zero-order valence-electron chi connectivity index (χ0n) is 16.5. The van der Waals surface area contributed by atoms with Gasteiger partial charge in [0.25, 0.3) is 6.43 Å². The number of hydrogen-bond acceptors (Lipinski definition) is 4. The van der Waals surface area contributed by atoms with Crippen LogP contribution in [0, 0.1) is 5.82 Å². The number of anilines is 3. The van der Waals surface area contributed by atoms with Crippen molar-refractivity contribution in [2.24, 2.45) is 7.05 Å². The lowest BCUT2D eigenvalue weighted by Crippen LogP contribution is -2.17. The summed E-state index contributed by atoms with van der Waals surface area (Å²) in [7, 11) is 1.66. The molecule has 0 saturated heterocycles. The van der Waals surface area contributed by atoms with Gasteiger partial charge in [-0.1, -0.05) is 12.1 Å². The Balaban J connectivity index is 1.75. The monoisotopic (exact) mass is 414 g/mol. The zero-order chi connectivity index (χ0) is 21.4. The summed E-state index contributed by atoms with van der Waals surface area (Å²) in [6, 6.07) is 7.45. The molecule has 0 fully saturated rings. The van der Waals surface area contributed by atoms with Gasteiger partial charge in [-0.3, -0.25) is 9.48 Å². The molecule has 156 valence electrons. The third-order valence-electron chi connectivity index (χ3n) is 5.12. The molecule has 1 aliphatic rings. The number of halogens is 3. The first kappa shape index (κ1) is 20.0. The lowest BCUT2D eigenvalue weighted by atomic mass is 10.0. The minimum Gasteiger partial charge on any atom is -0.380 e. The Kier molecular flexibility index (Phi) is 5.24. The third-order valence-corrected chi connectivity index (χ3v) is 5.12. The number of ketones is 1. The number of nitrogens with one attached hydrogen (secondary N) is 2. The van der Waals surface area contributed by atoms with E-state index in [4.69, 9.17) is 0 Å². The van der Waals surface area contributed by atoms with Crippen LogP contribution in [0.15, 0.2) is 42.7 Å². The molecule has 0 unspecified atom stereocenters. The molecule has 3 aromatic rings. The van der Waals surface area contributed by atoms with Crippen molar-refractivity contribution in [2.45, 2.75) is 32.2 Å². The number of Topliss-reactive ketones (excluding diaryl/α,β-unsaturated/α-hetero) is 1. The molecule has 30 heavy (non-hydrogen) atoms. The molecule has 0 saturated carbocycles. The van der Waals surface area contributed by atoms with Gasteiger partial charge in [0.15, 0.2) is 0 Å². The van der Waals surface area contributed by atoms with Crippen molar-refractivity contribution in [1.29, 1.82) is 0 Å². The lowest BCUT2D eigenvalue weighted by molar-refractivity contribution is -0.118. The highest BCUT2D eigenvalue weighted by molar-refractivity contribution is 5.89. The van der Waals surface area contributed by atoms with Gasteiger partial charge in [0.2, 0.25) is 0 Å². The van der Waals surface area contributed by atoms with Crippen molar-refractivity contribution in [2.75, 3.05) is 10.6 Å². The van der Waals surface area contributed by atoms with E-state index in [-0.39, 0.29) is 35.1 Å². The first-order chi connectivity index (χ1) is 14.3. The van der Waals surface area contributed by atoms with Crippen LogP contribution in [0.3, 0.4) is 0 Å². The quantitative estimate of drug-likeness (QED) is 0.614. The van der Waals surface area contributed by atoms with Crippen molar-refractivity contribution < 1.29 is 18.0 Å². The van der Waals surface area contributed by atoms with Crippen LogP contribution in [0.1, 0.15) is 30.9 Å². The standard InChI is InChI=1S/C22H21F3N4O/c1-12-6-15(30)7-13-4-3-5-19(21(13)27-12)28-20-9-17(22(24)25)16(8-18(20)23)14-10-26-29(2)11-14/h3-5,8-12,22,27-28H,6-7H2,1-2H3/t12-/m1/s1. The van der Waals surface area contributed by atoms with E-state index >= 15 is 0 Å². The minimum atomic E-state index is -2.79. The van der Waals surface area contributed by atoms with Gasteiger partial charge in [-0.25, -0.2) is 13.2 Å². The van der Waals surface area contributed by atoms with Gasteiger partial charge in [-0.05, 0) is 36.2 Å². The fourth-order valence-corrected chi connectivity index (χ4v) is 3.77. The SMILES string of the molecule is C[C@@H]1CC(=O)Cc2cccc(Nc3cc(C(F)F)c(-c4cnn(C)c4)cc3F)c2N1. The summed E-state index contributed by atoms with van der Waals surface area (Å²) in [6.07, 6.45) is 0.857. The van der Waals surface area contributed by atoms with E-state index < -0.39 is 12.2 Å². The molecule has 0 radical (unpaired) electrons. The lowest BCUT2D eigenvalue weighted by Gasteiger charge is -2.19. The number of hydrogen-bond donors (Lipinski definition) is 2. The molecule has 1 aliphatic heterocycles. The molecule has 1 aromatic heterocycles. The van der Waals surface area contributed by atoms with E-state index in [1.807, 2.05) is 13.0 Å². The van der Waals surface area contributed by atoms with E-state index in [0.717, 1.165) is 17.7 Å². The van der Waals surface area contributed by atoms with Crippen molar-refractivity contribution >= 4 is 22.8 Å². The van der Waals surface area contributed by atoms with Crippen molar-refractivity contribution in [1.82, 2.24) is 9.78 Å². The van der Waals surface area contributed by atoms with Crippen LogP contribution < -0.4 is 10.6 Å². The molecule has 2 aromatic carbocycles. The number of carbonyl (C=O) groups is 1. The van der Waals surface area contributed by atoms with E-state index in [0.29, 0.717) is 23.4 Å². The Hall–Kier alpha value is -3.29. The van der Waals surface area contributed by atoms with E-state index in [2.05, 4.69) is 15.7 Å².